The normalized spacial score (nSPS) is 12.4. The van der Waals surface area contributed by atoms with Gasteiger partial charge in [-0.05, 0) is 55.0 Å². The second-order valence-corrected chi connectivity index (χ2v) is 11.0. The predicted octanol–water partition coefficient (Wildman–Crippen LogP) is 5.30. The summed E-state index contributed by atoms with van der Waals surface area (Å²) in [4.78, 5) is 8.87. The number of fused-ring (bicyclic) bond motifs is 1. The lowest BCUT2D eigenvalue weighted by Crippen LogP contribution is -2.04. The molecule has 0 aliphatic carbocycles. The zero-order valence-corrected chi connectivity index (χ0v) is 22.0. The summed E-state index contributed by atoms with van der Waals surface area (Å²) in [5, 5.41) is 25.9. The lowest BCUT2D eigenvalue weighted by molar-refractivity contribution is -0.120. The maximum Gasteiger partial charge on any atom is 0.298 e. The number of phenolic OH excluding ortho intramolecular Hbond substituents is 1. The van der Waals surface area contributed by atoms with Gasteiger partial charge in [-0.1, -0.05) is 6.07 Å². The van der Waals surface area contributed by atoms with Crippen molar-refractivity contribution in [2.75, 3.05) is 5.73 Å². The van der Waals surface area contributed by atoms with Crippen molar-refractivity contribution in [2.45, 2.75) is 16.7 Å². The number of benzene rings is 4. The molecule has 0 aliphatic rings. The highest BCUT2D eigenvalue weighted by atomic mass is 32.2. The van der Waals surface area contributed by atoms with Crippen LogP contribution >= 0.6 is 0 Å². The summed E-state index contributed by atoms with van der Waals surface area (Å²) < 4.78 is 71.0. The number of hydrogen-bond donors (Lipinski definition) is 4. The van der Waals surface area contributed by atoms with Crippen molar-refractivity contribution >= 4 is 65.9 Å². The predicted molar refractivity (Wildman–Crippen MR) is 142 cm³/mol. The standard InChI is InChI=1S/C24H19N5O9S2/c1-13-7-15(5-6-19(13)28-26-14-3-2-4-16(8-14)38-12-30)27-29-20-11-22(40(35,36)37)18-9-17(39(32,33)34)10-21(31)23(18)24(20)25/h2-12,31H,25H2,1H3,(H,32,33,34)(H,35,36,37)/b28-26+,29-27+. The van der Waals surface area contributed by atoms with Gasteiger partial charge in [-0.2, -0.15) is 32.2 Å². The van der Waals surface area contributed by atoms with E-state index in [1.807, 2.05) is 0 Å². The maximum atomic E-state index is 12.1. The van der Waals surface area contributed by atoms with E-state index in [-0.39, 0.29) is 16.8 Å². The molecular weight excluding hydrogens is 566 g/mol. The molecule has 40 heavy (non-hydrogen) atoms. The summed E-state index contributed by atoms with van der Waals surface area (Å²) in [6.07, 6.45) is 0. The zero-order chi connectivity index (χ0) is 29.2. The molecule has 0 saturated carbocycles. The monoisotopic (exact) mass is 585 g/mol. The lowest BCUT2D eigenvalue weighted by Gasteiger charge is -2.12. The zero-order valence-electron chi connectivity index (χ0n) is 20.3. The minimum atomic E-state index is -4.97. The van der Waals surface area contributed by atoms with Crippen molar-refractivity contribution in [2.24, 2.45) is 20.5 Å². The molecule has 0 aliphatic heterocycles. The Morgan fingerprint density at radius 2 is 1.50 bits per heavy atom. The first-order chi connectivity index (χ1) is 18.8. The molecule has 0 spiro atoms. The Labute approximate surface area is 227 Å². The van der Waals surface area contributed by atoms with Crippen LogP contribution in [0.1, 0.15) is 5.56 Å². The molecule has 0 radical (unpaired) electrons. The van der Waals surface area contributed by atoms with Crippen LogP contribution in [0.15, 0.2) is 90.9 Å². The number of aryl methyl sites for hydroxylation is 1. The lowest BCUT2D eigenvalue weighted by atomic mass is 10.1. The molecule has 0 saturated heterocycles. The smallest absolute Gasteiger partial charge is 0.298 e. The Morgan fingerprint density at radius 1 is 0.825 bits per heavy atom. The van der Waals surface area contributed by atoms with Gasteiger partial charge in [0.05, 0.1) is 33.0 Å². The molecule has 5 N–H and O–H groups in total. The van der Waals surface area contributed by atoms with E-state index in [9.17, 15) is 35.8 Å². The van der Waals surface area contributed by atoms with Gasteiger partial charge in [0, 0.05) is 17.5 Å². The van der Waals surface area contributed by atoms with E-state index in [4.69, 9.17) is 10.5 Å². The number of azo groups is 2. The molecular formula is C24H19N5O9S2. The molecule has 14 nitrogen and oxygen atoms in total. The quantitative estimate of drug-likeness (QED) is 0.0902. The van der Waals surface area contributed by atoms with Crippen molar-refractivity contribution in [1.82, 2.24) is 0 Å². The molecule has 0 amide bonds. The topological polar surface area (TPSA) is 231 Å². The van der Waals surface area contributed by atoms with Gasteiger partial charge in [0.1, 0.15) is 22.1 Å². The van der Waals surface area contributed by atoms with Gasteiger partial charge >= 0.3 is 0 Å². The third-order valence-electron chi connectivity index (χ3n) is 5.47. The highest BCUT2D eigenvalue weighted by Crippen LogP contribution is 2.42. The molecule has 0 atom stereocenters. The van der Waals surface area contributed by atoms with Gasteiger partial charge in [0.2, 0.25) is 0 Å². The van der Waals surface area contributed by atoms with Crippen LogP contribution in [-0.2, 0) is 25.0 Å². The van der Waals surface area contributed by atoms with Gasteiger partial charge in [-0.15, -0.1) is 5.11 Å². The number of ether oxygens (including phenoxy) is 1. The van der Waals surface area contributed by atoms with Crippen LogP contribution in [0.2, 0.25) is 0 Å². The third kappa shape index (κ3) is 6.10. The Kier molecular flexibility index (Phi) is 7.61. The molecule has 0 unspecified atom stereocenters. The Morgan fingerprint density at radius 3 is 2.12 bits per heavy atom. The van der Waals surface area contributed by atoms with E-state index in [1.54, 1.807) is 37.3 Å². The number of carbonyl (C=O) groups is 1. The first-order valence-corrected chi connectivity index (χ1v) is 13.8. The van der Waals surface area contributed by atoms with Crippen molar-refractivity contribution in [3.05, 3.63) is 66.2 Å². The van der Waals surface area contributed by atoms with E-state index >= 15 is 0 Å². The van der Waals surface area contributed by atoms with E-state index in [2.05, 4.69) is 20.5 Å². The summed E-state index contributed by atoms with van der Waals surface area (Å²) in [6, 6.07) is 13.4. The fourth-order valence-corrected chi connectivity index (χ4v) is 4.87. The molecule has 0 fully saturated rings. The fraction of sp³-hybridized carbons (Fsp3) is 0.0417. The van der Waals surface area contributed by atoms with Crippen LogP contribution < -0.4 is 10.5 Å². The van der Waals surface area contributed by atoms with Crippen LogP contribution in [0.25, 0.3) is 10.8 Å². The molecule has 206 valence electrons. The van der Waals surface area contributed by atoms with Gasteiger partial charge in [0.25, 0.3) is 26.7 Å². The van der Waals surface area contributed by atoms with Gasteiger partial charge < -0.3 is 15.6 Å². The summed E-state index contributed by atoms with van der Waals surface area (Å²) >= 11 is 0. The van der Waals surface area contributed by atoms with Crippen LogP contribution in [0.3, 0.4) is 0 Å². The molecule has 0 bridgehead atoms. The van der Waals surface area contributed by atoms with Crippen LogP contribution in [0.5, 0.6) is 11.5 Å². The van der Waals surface area contributed by atoms with Crippen molar-refractivity contribution in [3.63, 3.8) is 0 Å². The maximum absolute atomic E-state index is 12.1. The Hall–Kier alpha value is -4.77. The molecule has 16 heteroatoms. The largest absolute Gasteiger partial charge is 0.507 e. The van der Waals surface area contributed by atoms with E-state index in [0.717, 1.165) is 12.1 Å². The summed E-state index contributed by atoms with van der Waals surface area (Å²) in [5.41, 5.74) is 7.42. The average molecular weight is 586 g/mol. The number of aromatic hydroxyl groups is 1. The summed E-state index contributed by atoms with van der Waals surface area (Å²) in [6.45, 7) is 2.02. The highest BCUT2D eigenvalue weighted by Gasteiger charge is 2.24. The number of nitrogen functional groups attached to an aromatic ring is 1. The number of rotatable bonds is 8. The minimum Gasteiger partial charge on any atom is -0.507 e. The Bertz CT molecular complexity index is 1940. The number of hydrogen-bond acceptors (Lipinski definition) is 12. The van der Waals surface area contributed by atoms with Crippen molar-refractivity contribution in [3.8, 4) is 11.5 Å². The molecule has 4 aromatic rings. The van der Waals surface area contributed by atoms with Gasteiger partial charge in [-0.25, -0.2) is 0 Å². The number of phenols is 1. The van der Waals surface area contributed by atoms with Crippen LogP contribution in [0, 0.1) is 6.92 Å². The SMILES string of the molecule is Cc1cc(/N=N/c2cc(S(=O)(=O)O)c3cc(S(=O)(=O)O)cc(O)c3c2N)ccc1/N=N/c1cccc(OC=O)c1. The van der Waals surface area contributed by atoms with E-state index < -0.39 is 41.2 Å². The number of nitrogens with zero attached hydrogens (tertiary/aromatic N) is 4. The average Bonchev–Trinajstić information content (AvgIpc) is 2.86. The van der Waals surface area contributed by atoms with Gasteiger partial charge in [0.15, 0.2) is 0 Å². The Balaban J connectivity index is 1.71. The number of anilines is 1. The van der Waals surface area contributed by atoms with Crippen LogP contribution in [-0.4, -0.2) is 37.5 Å². The molecule has 4 rings (SSSR count). The molecule has 4 aromatic carbocycles. The second-order valence-electron chi connectivity index (χ2n) is 8.20. The minimum absolute atomic E-state index is 0.256. The first kappa shape index (κ1) is 28.2. The number of nitrogens with two attached hydrogens (primary N) is 1. The third-order valence-corrected chi connectivity index (χ3v) is 7.20. The van der Waals surface area contributed by atoms with E-state index in [0.29, 0.717) is 40.9 Å². The summed E-state index contributed by atoms with van der Waals surface area (Å²) in [5.74, 6) is -0.477. The number of carbonyl (C=O) groups excluding carboxylic acids is 1. The van der Waals surface area contributed by atoms with Crippen LogP contribution in [0.4, 0.5) is 28.4 Å². The van der Waals surface area contributed by atoms with E-state index in [1.165, 1.54) is 12.1 Å². The van der Waals surface area contributed by atoms with Crippen molar-refractivity contribution < 1.29 is 40.6 Å². The molecule has 0 aromatic heterocycles. The second kappa shape index (κ2) is 10.8. The van der Waals surface area contributed by atoms with Gasteiger partial charge in [-0.3, -0.25) is 13.9 Å². The van der Waals surface area contributed by atoms with Crippen molar-refractivity contribution in [1.29, 1.82) is 0 Å². The first-order valence-electron chi connectivity index (χ1n) is 11.0. The fourth-order valence-electron chi connectivity index (χ4n) is 3.64. The molecule has 0 heterocycles. The summed E-state index contributed by atoms with van der Waals surface area (Å²) in [7, 11) is -9.80. The highest BCUT2D eigenvalue weighted by molar-refractivity contribution is 7.86.